The van der Waals surface area contributed by atoms with E-state index < -0.39 is 22.2 Å². The van der Waals surface area contributed by atoms with Gasteiger partial charge >= 0.3 is 0 Å². The molecule has 1 aliphatic carbocycles. The molecule has 1 saturated carbocycles. The van der Waals surface area contributed by atoms with E-state index in [2.05, 4.69) is 0 Å². The average molecular weight is 328 g/mol. The molecule has 0 saturated heterocycles. The Morgan fingerprint density at radius 3 is 2.57 bits per heavy atom. The highest BCUT2D eigenvalue weighted by Gasteiger charge is 2.35. The monoisotopic (exact) mass is 328 g/mol. The Morgan fingerprint density at radius 2 is 1.95 bits per heavy atom. The molecule has 3 N–H and O–H groups in total. The maximum Gasteiger partial charge on any atom is 0.243 e. The average Bonchev–Trinajstić information content (AvgIpc) is 2.47. The quantitative estimate of drug-likeness (QED) is 0.813. The molecule has 0 radical (unpaired) electrons. The van der Waals surface area contributed by atoms with Crippen molar-refractivity contribution >= 4 is 27.2 Å². The first kappa shape index (κ1) is 16.4. The van der Waals surface area contributed by atoms with Gasteiger partial charge in [0.2, 0.25) is 10.0 Å². The number of benzene rings is 1. The fourth-order valence-corrected chi connectivity index (χ4v) is 4.61. The van der Waals surface area contributed by atoms with Crippen molar-refractivity contribution < 1.29 is 13.5 Å². The third-order valence-corrected chi connectivity index (χ3v) is 6.13. The van der Waals surface area contributed by atoms with Crippen molar-refractivity contribution in [3.8, 4) is 0 Å². The second-order valence-electron chi connectivity index (χ2n) is 5.30. The fourth-order valence-electron chi connectivity index (χ4n) is 2.74. The molecule has 1 aromatic carbocycles. The Kier molecular flexibility index (Phi) is 4.98. The standard InChI is InChI=1S/C14H20N2O3S2/c1-16(11-7-3-4-8-12(11)17)21(18,19)13-9-5-2-6-10(13)14(15)20/h2,5-6,9,11-12,17H,3-4,7-8H2,1H3,(H2,15,20). The lowest BCUT2D eigenvalue weighted by molar-refractivity contribution is 0.0638. The minimum Gasteiger partial charge on any atom is -0.391 e. The third-order valence-electron chi connectivity index (χ3n) is 3.97. The molecule has 0 spiro atoms. The summed E-state index contributed by atoms with van der Waals surface area (Å²) in [6, 6.07) is 6.03. The number of rotatable bonds is 4. The van der Waals surface area contributed by atoms with E-state index in [0.717, 1.165) is 12.8 Å². The normalized spacial score (nSPS) is 23.2. The number of hydrogen-bond donors (Lipinski definition) is 2. The van der Waals surface area contributed by atoms with Gasteiger partial charge in [-0.2, -0.15) is 4.31 Å². The fraction of sp³-hybridized carbons (Fsp3) is 0.500. The number of aliphatic hydroxyl groups is 1. The number of likely N-dealkylation sites (N-methyl/N-ethyl adjacent to an activating group) is 1. The first-order valence-corrected chi connectivity index (χ1v) is 8.75. The highest BCUT2D eigenvalue weighted by molar-refractivity contribution is 7.89. The molecule has 5 nitrogen and oxygen atoms in total. The van der Waals surface area contributed by atoms with E-state index in [-0.39, 0.29) is 9.88 Å². The van der Waals surface area contributed by atoms with Crippen LogP contribution in [0.5, 0.6) is 0 Å². The van der Waals surface area contributed by atoms with Gasteiger partial charge < -0.3 is 10.8 Å². The molecule has 7 heteroatoms. The minimum absolute atomic E-state index is 0.0479. The van der Waals surface area contributed by atoms with Crippen LogP contribution in [0.4, 0.5) is 0 Å². The molecule has 0 heterocycles. The summed E-state index contributed by atoms with van der Waals surface area (Å²) < 4.78 is 26.9. The van der Waals surface area contributed by atoms with Crippen molar-refractivity contribution in [3.05, 3.63) is 29.8 Å². The maximum absolute atomic E-state index is 12.8. The summed E-state index contributed by atoms with van der Waals surface area (Å²) in [6.07, 6.45) is 2.50. The van der Waals surface area contributed by atoms with Gasteiger partial charge in [0.1, 0.15) is 4.99 Å². The number of hydrogen-bond acceptors (Lipinski definition) is 4. The number of nitrogens with zero attached hydrogens (tertiary/aromatic N) is 1. The zero-order chi connectivity index (χ0) is 15.6. The van der Waals surface area contributed by atoms with Crippen molar-refractivity contribution in [2.75, 3.05) is 7.05 Å². The van der Waals surface area contributed by atoms with Gasteiger partial charge in [-0.1, -0.05) is 43.3 Å². The lowest BCUT2D eigenvalue weighted by atomic mass is 9.93. The molecule has 2 rings (SSSR count). The van der Waals surface area contributed by atoms with Crippen molar-refractivity contribution in [1.82, 2.24) is 4.31 Å². The molecule has 0 aliphatic heterocycles. The van der Waals surface area contributed by atoms with Crippen LogP contribution < -0.4 is 5.73 Å². The van der Waals surface area contributed by atoms with Gasteiger partial charge in [0.25, 0.3) is 0 Å². The summed E-state index contributed by atoms with van der Waals surface area (Å²) >= 11 is 4.93. The largest absolute Gasteiger partial charge is 0.391 e. The van der Waals surface area contributed by atoms with E-state index in [9.17, 15) is 13.5 Å². The Labute approximate surface area is 130 Å². The van der Waals surface area contributed by atoms with Gasteiger partial charge in [-0.25, -0.2) is 8.42 Å². The molecule has 2 unspecified atom stereocenters. The molecular formula is C14H20N2O3S2. The van der Waals surface area contributed by atoms with Gasteiger partial charge in [0, 0.05) is 12.6 Å². The predicted molar refractivity (Wildman–Crippen MR) is 85.5 cm³/mol. The topological polar surface area (TPSA) is 83.6 Å². The Morgan fingerprint density at radius 1 is 1.33 bits per heavy atom. The first-order chi connectivity index (χ1) is 9.85. The second kappa shape index (κ2) is 6.39. The number of sulfonamides is 1. The molecule has 0 bridgehead atoms. The SMILES string of the molecule is CN(C1CCCCC1O)S(=O)(=O)c1ccccc1C(N)=S. The van der Waals surface area contributed by atoms with Crippen LogP contribution in [0.15, 0.2) is 29.2 Å². The van der Waals surface area contributed by atoms with Gasteiger partial charge in [0.15, 0.2) is 0 Å². The first-order valence-electron chi connectivity index (χ1n) is 6.90. The molecule has 1 aromatic rings. The Balaban J connectivity index is 2.40. The van der Waals surface area contributed by atoms with Crippen LogP contribution in [-0.2, 0) is 10.0 Å². The van der Waals surface area contributed by atoms with Crippen LogP contribution in [-0.4, -0.2) is 42.0 Å². The maximum atomic E-state index is 12.8. The molecule has 0 aromatic heterocycles. The molecular weight excluding hydrogens is 308 g/mol. The van der Waals surface area contributed by atoms with Crippen LogP contribution in [0.3, 0.4) is 0 Å². The summed E-state index contributed by atoms with van der Waals surface area (Å²) in [5.41, 5.74) is 5.95. The van der Waals surface area contributed by atoms with E-state index in [1.54, 1.807) is 18.2 Å². The summed E-state index contributed by atoms with van der Waals surface area (Å²) in [7, 11) is -2.24. The van der Waals surface area contributed by atoms with Crippen LogP contribution in [0, 0.1) is 0 Å². The van der Waals surface area contributed by atoms with Gasteiger partial charge in [0.05, 0.1) is 17.0 Å². The molecule has 2 atom stereocenters. The Bertz CT molecular complexity index is 631. The van der Waals surface area contributed by atoms with Gasteiger partial charge in [-0.3, -0.25) is 0 Å². The third kappa shape index (κ3) is 3.26. The zero-order valence-corrected chi connectivity index (χ0v) is 13.5. The zero-order valence-electron chi connectivity index (χ0n) is 11.9. The van der Waals surface area contributed by atoms with Crippen LogP contribution in [0.25, 0.3) is 0 Å². The van der Waals surface area contributed by atoms with Crippen LogP contribution in [0.2, 0.25) is 0 Å². The van der Waals surface area contributed by atoms with E-state index >= 15 is 0 Å². The highest BCUT2D eigenvalue weighted by atomic mass is 32.2. The number of aliphatic hydroxyl groups excluding tert-OH is 1. The number of nitrogens with two attached hydrogens (primary N) is 1. The Hall–Kier alpha value is -1.02. The summed E-state index contributed by atoms with van der Waals surface area (Å²) in [4.78, 5) is 0.143. The van der Waals surface area contributed by atoms with Crippen LogP contribution >= 0.6 is 12.2 Å². The summed E-state index contributed by atoms with van der Waals surface area (Å²) in [5.74, 6) is 0. The minimum atomic E-state index is -3.74. The van der Waals surface area contributed by atoms with Gasteiger partial charge in [-0.05, 0) is 18.9 Å². The van der Waals surface area contributed by atoms with Crippen molar-refractivity contribution in [1.29, 1.82) is 0 Å². The second-order valence-corrected chi connectivity index (χ2v) is 7.71. The van der Waals surface area contributed by atoms with E-state index in [0.29, 0.717) is 18.4 Å². The molecule has 1 aliphatic rings. The predicted octanol–water partition coefficient (Wildman–Crippen LogP) is 1.24. The van der Waals surface area contributed by atoms with Crippen molar-refractivity contribution in [2.24, 2.45) is 5.73 Å². The van der Waals surface area contributed by atoms with Crippen molar-refractivity contribution in [3.63, 3.8) is 0 Å². The van der Waals surface area contributed by atoms with E-state index in [1.165, 1.54) is 17.4 Å². The smallest absolute Gasteiger partial charge is 0.243 e. The van der Waals surface area contributed by atoms with Crippen molar-refractivity contribution in [2.45, 2.75) is 42.7 Å². The van der Waals surface area contributed by atoms with E-state index in [1.807, 2.05) is 0 Å². The number of thiocarbonyl (C=S) groups is 1. The summed E-state index contributed by atoms with van der Waals surface area (Å²) in [5, 5.41) is 10.1. The lowest BCUT2D eigenvalue weighted by Crippen LogP contribution is -2.46. The molecule has 116 valence electrons. The lowest BCUT2D eigenvalue weighted by Gasteiger charge is -2.34. The molecule has 1 fully saturated rings. The molecule has 21 heavy (non-hydrogen) atoms. The highest BCUT2D eigenvalue weighted by Crippen LogP contribution is 2.28. The van der Waals surface area contributed by atoms with E-state index in [4.69, 9.17) is 18.0 Å². The summed E-state index contributed by atoms with van der Waals surface area (Å²) in [6.45, 7) is 0. The van der Waals surface area contributed by atoms with Gasteiger partial charge in [-0.15, -0.1) is 0 Å². The molecule has 0 amide bonds. The van der Waals surface area contributed by atoms with Crippen LogP contribution in [0.1, 0.15) is 31.2 Å².